The summed E-state index contributed by atoms with van der Waals surface area (Å²) in [7, 11) is 3.28. The van der Waals surface area contributed by atoms with Crippen molar-refractivity contribution < 1.29 is 9.53 Å². The van der Waals surface area contributed by atoms with Crippen molar-refractivity contribution in [3.8, 4) is 5.75 Å². The van der Waals surface area contributed by atoms with E-state index in [1.165, 1.54) is 0 Å². The van der Waals surface area contributed by atoms with Crippen LogP contribution in [0.4, 0.5) is 5.69 Å². The maximum Gasteiger partial charge on any atom is 0.243 e. The second-order valence-electron chi connectivity index (χ2n) is 4.88. The van der Waals surface area contributed by atoms with E-state index >= 15 is 0 Å². The lowest BCUT2D eigenvalue weighted by molar-refractivity contribution is -0.115. The molecule has 24 heavy (non-hydrogen) atoms. The highest BCUT2D eigenvalue weighted by Crippen LogP contribution is 2.16. The van der Waals surface area contributed by atoms with Crippen molar-refractivity contribution in [2.75, 3.05) is 26.0 Å². The molecule has 1 aromatic heterocycles. The molecule has 126 valence electrons. The average molecular weight is 327 g/mol. The van der Waals surface area contributed by atoms with E-state index in [1.807, 2.05) is 24.3 Å². The normalized spacial score (nSPS) is 10.8. The van der Waals surface area contributed by atoms with E-state index in [1.54, 1.807) is 38.7 Å². The number of aromatic nitrogens is 1. The summed E-state index contributed by atoms with van der Waals surface area (Å²) < 4.78 is 5.31. The Bertz CT molecular complexity index is 688. The summed E-state index contributed by atoms with van der Waals surface area (Å²) in [5, 5.41) is 8.86. The van der Waals surface area contributed by atoms with Crippen molar-refractivity contribution in [2.45, 2.75) is 6.54 Å². The summed E-state index contributed by atoms with van der Waals surface area (Å²) in [4.78, 5) is 19.9. The van der Waals surface area contributed by atoms with Gasteiger partial charge >= 0.3 is 0 Å². The number of guanidine groups is 1. The second-order valence-corrected chi connectivity index (χ2v) is 4.88. The van der Waals surface area contributed by atoms with Crippen LogP contribution in [0.3, 0.4) is 0 Å². The Morgan fingerprint density at radius 2 is 2.04 bits per heavy atom. The van der Waals surface area contributed by atoms with E-state index in [-0.39, 0.29) is 12.5 Å². The molecule has 1 amide bonds. The van der Waals surface area contributed by atoms with Crippen LogP contribution in [0.25, 0.3) is 0 Å². The van der Waals surface area contributed by atoms with E-state index in [0.29, 0.717) is 18.2 Å². The number of pyridine rings is 1. The highest BCUT2D eigenvalue weighted by atomic mass is 16.5. The zero-order chi connectivity index (χ0) is 17.2. The molecule has 0 radical (unpaired) electrons. The van der Waals surface area contributed by atoms with Gasteiger partial charge in [-0.3, -0.25) is 14.8 Å². The van der Waals surface area contributed by atoms with Crippen LogP contribution in [0, 0.1) is 0 Å². The largest absolute Gasteiger partial charge is 0.496 e. The first-order valence-corrected chi connectivity index (χ1v) is 7.49. The third-order valence-corrected chi connectivity index (χ3v) is 3.22. The van der Waals surface area contributed by atoms with Crippen LogP contribution in [-0.4, -0.2) is 37.6 Å². The van der Waals surface area contributed by atoms with Gasteiger partial charge in [0.1, 0.15) is 5.75 Å². The predicted octanol–water partition coefficient (Wildman–Crippen LogP) is 1.39. The fourth-order valence-electron chi connectivity index (χ4n) is 2.05. The molecule has 7 nitrogen and oxygen atoms in total. The molecule has 0 spiro atoms. The first kappa shape index (κ1) is 17.3. The van der Waals surface area contributed by atoms with E-state index in [9.17, 15) is 4.79 Å². The number of nitrogens with zero attached hydrogens (tertiary/aromatic N) is 2. The molecule has 0 aliphatic rings. The fourth-order valence-corrected chi connectivity index (χ4v) is 2.05. The predicted molar refractivity (Wildman–Crippen MR) is 94.1 cm³/mol. The summed E-state index contributed by atoms with van der Waals surface area (Å²) in [5.41, 5.74) is 1.66. The fraction of sp³-hybridized carbons (Fsp3) is 0.235. The van der Waals surface area contributed by atoms with Crippen LogP contribution >= 0.6 is 0 Å². The number of methoxy groups -OCH3 is 1. The van der Waals surface area contributed by atoms with Gasteiger partial charge in [-0.1, -0.05) is 18.2 Å². The van der Waals surface area contributed by atoms with Gasteiger partial charge in [0.15, 0.2) is 5.96 Å². The summed E-state index contributed by atoms with van der Waals surface area (Å²) in [6, 6.07) is 11.3. The smallest absolute Gasteiger partial charge is 0.243 e. The highest BCUT2D eigenvalue weighted by Gasteiger charge is 2.06. The lowest BCUT2D eigenvalue weighted by Gasteiger charge is -2.13. The summed E-state index contributed by atoms with van der Waals surface area (Å²) >= 11 is 0. The molecular formula is C17H21N5O2. The minimum atomic E-state index is -0.178. The molecule has 0 fully saturated rings. The van der Waals surface area contributed by atoms with Gasteiger partial charge in [0, 0.05) is 25.4 Å². The van der Waals surface area contributed by atoms with Crippen molar-refractivity contribution >= 4 is 17.6 Å². The Balaban J connectivity index is 1.81. The number of ether oxygens (including phenoxy) is 1. The molecule has 0 bridgehead atoms. The van der Waals surface area contributed by atoms with Gasteiger partial charge in [0.25, 0.3) is 0 Å². The maximum absolute atomic E-state index is 11.9. The zero-order valence-corrected chi connectivity index (χ0v) is 13.7. The van der Waals surface area contributed by atoms with Crippen molar-refractivity contribution in [1.29, 1.82) is 0 Å². The van der Waals surface area contributed by atoms with E-state index in [2.05, 4.69) is 25.9 Å². The van der Waals surface area contributed by atoms with Gasteiger partial charge < -0.3 is 20.7 Å². The van der Waals surface area contributed by atoms with Crippen molar-refractivity contribution in [2.24, 2.45) is 4.99 Å². The number of aliphatic imine (C=N–C) groups is 1. The van der Waals surface area contributed by atoms with Gasteiger partial charge in [0.2, 0.25) is 5.91 Å². The van der Waals surface area contributed by atoms with E-state index in [4.69, 9.17) is 4.74 Å². The van der Waals surface area contributed by atoms with Gasteiger partial charge in [-0.05, 0) is 18.2 Å². The van der Waals surface area contributed by atoms with Gasteiger partial charge in [-0.25, -0.2) is 0 Å². The lowest BCUT2D eigenvalue weighted by atomic mass is 10.2. The number of hydrogen-bond donors (Lipinski definition) is 3. The molecule has 3 N–H and O–H groups in total. The van der Waals surface area contributed by atoms with Crippen LogP contribution in [-0.2, 0) is 11.3 Å². The number of para-hydroxylation sites is 1. The Hall–Kier alpha value is -3.09. The number of anilines is 1. The minimum Gasteiger partial charge on any atom is -0.496 e. The minimum absolute atomic E-state index is 0.0977. The molecule has 0 saturated carbocycles. The number of amides is 1. The average Bonchev–Trinajstić information content (AvgIpc) is 2.63. The first-order valence-electron chi connectivity index (χ1n) is 7.49. The molecule has 0 aliphatic heterocycles. The van der Waals surface area contributed by atoms with Gasteiger partial charge in [-0.15, -0.1) is 0 Å². The van der Waals surface area contributed by atoms with Crippen LogP contribution in [0.15, 0.2) is 53.8 Å². The molecular weight excluding hydrogens is 306 g/mol. The Morgan fingerprint density at radius 1 is 1.21 bits per heavy atom. The molecule has 0 saturated heterocycles. The molecule has 0 aliphatic carbocycles. The molecule has 0 atom stereocenters. The van der Waals surface area contributed by atoms with E-state index in [0.717, 1.165) is 11.3 Å². The zero-order valence-electron chi connectivity index (χ0n) is 13.7. The standard InChI is InChI=1S/C17H21N5O2/c1-18-17(20-10-13-6-3-4-8-15(13)24-2)21-12-16(23)22-14-7-5-9-19-11-14/h3-9,11H,10,12H2,1-2H3,(H,22,23)(H2,18,20,21). The number of benzene rings is 1. The molecule has 7 heteroatoms. The van der Waals surface area contributed by atoms with Crippen molar-refractivity contribution in [3.63, 3.8) is 0 Å². The van der Waals surface area contributed by atoms with Crippen LogP contribution < -0.4 is 20.7 Å². The van der Waals surface area contributed by atoms with Crippen molar-refractivity contribution in [1.82, 2.24) is 15.6 Å². The Morgan fingerprint density at radius 3 is 2.75 bits per heavy atom. The molecule has 1 aromatic carbocycles. The van der Waals surface area contributed by atoms with Crippen molar-refractivity contribution in [3.05, 3.63) is 54.4 Å². The number of rotatable bonds is 6. The lowest BCUT2D eigenvalue weighted by Crippen LogP contribution is -2.41. The number of carbonyl (C=O) groups excluding carboxylic acids is 1. The monoisotopic (exact) mass is 327 g/mol. The molecule has 2 rings (SSSR count). The van der Waals surface area contributed by atoms with E-state index < -0.39 is 0 Å². The molecule has 0 unspecified atom stereocenters. The summed E-state index contributed by atoms with van der Waals surface area (Å²) in [6.45, 7) is 0.633. The first-order chi connectivity index (χ1) is 11.7. The number of hydrogen-bond acceptors (Lipinski definition) is 4. The Labute approximate surface area is 141 Å². The van der Waals surface area contributed by atoms with Gasteiger partial charge in [0.05, 0.1) is 25.5 Å². The van der Waals surface area contributed by atoms with Crippen LogP contribution in [0.2, 0.25) is 0 Å². The summed E-state index contributed by atoms with van der Waals surface area (Å²) in [5.74, 6) is 1.15. The quantitative estimate of drug-likeness (QED) is 0.551. The van der Waals surface area contributed by atoms with Crippen LogP contribution in [0.5, 0.6) is 5.75 Å². The SMILES string of the molecule is CN=C(NCC(=O)Nc1cccnc1)NCc1ccccc1OC. The third kappa shape index (κ3) is 5.28. The third-order valence-electron chi connectivity index (χ3n) is 3.22. The Kier molecular flexibility index (Phi) is 6.58. The maximum atomic E-state index is 11.9. The topological polar surface area (TPSA) is 87.6 Å². The second kappa shape index (κ2) is 9.14. The number of nitrogens with one attached hydrogen (secondary N) is 3. The van der Waals surface area contributed by atoms with Gasteiger partial charge in [-0.2, -0.15) is 0 Å². The van der Waals surface area contributed by atoms with Crippen LogP contribution in [0.1, 0.15) is 5.56 Å². The number of carbonyl (C=O) groups is 1. The highest BCUT2D eigenvalue weighted by molar-refractivity contribution is 5.94. The molecule has 2 aromatic rings. The summed E-state index contributed by atoms with van der Waals surface area (Å²) in [6.07, 6.45) is 3.24. The molecule has 1 heterocycles.